The lowest BCUT2D eigenvalue weighted by Crippen LogP contribution is -2.06. The predicted octanol–water partition coefficient (Wildman–Crippen LogP) is 2.96. The molecule has 0 amide bonds. The van der Waals surface area contributed by atoms with Gasteiger partial charge in [0.15, 0.2) is 5.82 Å². The Hall–Kier alpha value is -3.50. The molecular formula is C17H15F3N8. The molecule has 0 radical (unpaired) electrons. The molecule has 4 aromatic heterocycles. The Kier molecular flexibility index (Phi) is 4.02. The molecule has 11 heteroatoms. The quantitative estimate of drug-likeness (QED) is 0.581. The summed E-state index contributed by atoms with van der Waals surface area (Å²) >= 11 is 0. The van der Waals surface area contributed by atoms with Crippen molar-refractivity contribution in [1.29, 1.82) is 0 Å². The van der Waals surface area contributed by atoms with Gasteiger partial charge in [-0.25, -0.2) is 14.5 Å². The van der Waals surface area contributed by atoms with E-state index in [0.29, 0.717) is 39.8 Å². The van der Waals surface area contributed by atoms with Crippen molar-refractivity contribution in [2.75, 3.05) is 12.4 Å². The second-order valence-corrected chi connectivity index (χ2v) is 6.09. The zero-order chi connectivity index (χ0) is 20.1. The van der Waals surface area contributed by atoms with E-state index in [-0.39, 0.29) is 0 Å². The minimum absolute atomic E-state index is 0.352. The van der Waals surface area contributed by atoms with Gasteiger partial charge in [0.05, 0.1) is 28.7 Å². The molecule has 0 unspecified atom stereocenters. The average molecular weight is 388 g/mol. The third-order valence-electron chi connectivity index (χ3n) is 4.36. The summed E-state index contributed by atoms with van der Waals surface area (Å²) in [5.74, 6) is 1.21. The van der Waals surface area contributed by atoms with Crippen molar-refractivity contribution in [2.45, 2.75) is 13.1 Å². The molecule has 28 heavy (non-hydrogen) atoms. The fourth-order valence-electron chi connectivity index (χ4n) is 3.06. The Bertz CT molecular complexity index is 1160. The van der Waals surface area contributed by atoms with Gasteiger partial charge in [-0.15, -0.1) is 0 Å². The predicted molar refractivity (Wildman–Crippen MR) is 95.5 cm³/mol. The third-order valence-corrected chi connectivity index (χ3v) is 4.36. The molecule has 0 saturated heterocycles. The van der Waals surface area contributed by atoms with Crippen LogP contribution in [0.25, 0.3) is 28.2 Å². The zero-order valence-electron chi connectivity index (χ0n) is 15.2. The van der Waals surface area contributed by atoms with Gasteiger partial charge in [-0.1, -0.05) is 0 Å². The first-order chi connectivity index (χ1) is 13.3. The van der Waals surface area contributed by atoms with Crippen molar-refractivity contribution in [1.82, 2.24) is 34.3 Å². The second kappa shape index (κ2) is 6.29. The lowest BCUT2D eigenvalue weighted by molar-refractivity contribution is -0.137. The molecule has 0 aliphatic heterocycles. The van der Waals surface area contributed by atoms with Crippen molar-refractivity contribution in [3.63, 3.8) is 0 Å². The summed E-state index contributed by atoms with van der Waals surface area (Å²) in [6.45, 7) is 1.80. The number of imidazole rings is 1. The van der Waals surface area contributed by atoms with Crippen LogP contribution in [-0.2, 0) is 13.2 Å². The average Bonchev–Trinajstić information content (AvgIpc) is 3.21. The Morgan fingerprint density at radius 1 is 1.07 bits per heavy atom. The van der Waals surface area contributed by atoms with E-state index in [4.69, 9.17) is 0 Å². The minimum Gasteiger partial charge on any atom is -0.371 e. The number of anilines is 1. The number of aromatic nitrogens is 7. The first kappa shape index (κ1) is 17.9. The topological polar surface area (TPSA) is 85.8 Å². The summed E-state index contributed by atoms with van der Waals surface area (Å²) < 4.78 is 41.8. The number of alkyl halides is 3. The summed E-state index contributed by atoms with van der Waals surface area (Å²) in [6.07, 6.45) is -0.621. The van der Waals surface area contributed by atoms with Crippen LogP contribution < -0.4 is 5.32 Å². The van der Waals surface area contributed by atoms with Gasteiger partial charge in [-0.3, -0.25) is 9.67 Å². The van der Waals surface area contributed by atoms with Gasteiger partial charge in [0.2, 0.25) is 0 Å². The minimum atomic E-state index is -4.45. The van der Waals surface area contributed by atoms with Crippen molar-refractivity contribution in [3.8, 4) is 22.6 Å². The molecule has 0 spiro atoms. The van der Waals surface area contributed by atoms with Crippen molar-refractivity contribution in [2.24, 2.45) is 7.05 Å². The van der Waals surface area contributed by atoms with E-state index in [1.165, 1.54) is 12.4 Å². The van der Waals surface area contributed by atoms with Crippen molar-refractivity contribution >= 4 is 11.3 Å². The number of hydrogen-bond donors (Lipinski definition) is 1. The number of aryl methyl sites for hydroxylation is 2. The molecule has 4 heterocycles. The van der Waals surface area contributed by atoms with Gasteiger partial charge in [-0.2, -0.15) is 23.4 Å². The zero-order valence-corrected chi connectivity index (χ0v) is 15.2. The summed E-state index contributed by atoms with van der Waals surface area (Å²) in [6, 6.07) is 2.32. The second-order valence-electron chi connectivity index (χ2n) is 6.09. The van der Waals surface area contributed by atoms with Crippen LogP contribution >= 0.6 is 0 Å². The highest BCUT2D eigenvalue weighted by molar-refractivity contribution is 5.91. The van der Waals surface area contributed by atoms with Crippen LogP contribution in [0.5, 0.6) is 0 Å². The Morgan fingerprint density at radius 2 is 1.86 bits per heavy atom. The number of halogens is 3. The fourth-order valence-corrected chi connectivity index (χ4v) is 3.06. The number of nitrogens with zero attached hydrogens (tertiary/aromatic N) is 7. The molecule has 0 aliphatic carbocycles. The highest BCUT2D eigenvalue weighted by Crippen LogP contribution is 2.36. The van der Waals surface area contributed by atoms with Gasteiger partial charge in [0.25, 0.3) is 0 Å². The number of rotatable bonds is 3. The molecule has 0 saturated carbocycles. The highest BCUT2D eigenvalue weighted by Gasteiger charge is 2.31. The monoisotopic (exact) mass is 388 g/mol. The van der Waals surface area contributed by atoms with Gasteiger partial charge >= 0.3 is 6.18 Å². The van der Waals surface area contributed by atoms with E-state index in [9.17, 15) is 13.2 Å². The number of hydrogen-bond acceptors (Lipinski definition) is 6. The van der Waals surface area contributed by atoms with Gasteiger partial charge < -0.3 is 5.32 Å². The van der Waals surface area contributed by atoms with Crippen LogP contribution in [0.1, 0.15) is 11.4 Å². The molecule has 0 aromatic carbocycles. The molecule has 0 atom stereocenters. The molecule has 4 rings (SSSR count). The smallest absolute Gasteiger partial charge is 0.371 e. The van der Waals surface area contributed by atoms with Gasteiger partial charge in [0.1, 0.15) is 23.4 Å². The molecule has 1 N–H and O–H groups in total. The van der Waals surface area contributed by atoms with Crippen LogP contribution in [0.2, 0.25) is 0 Å². The van der Waals surface area contributed by atoms with Crippen molar-refractivity contribution in [3.05, 3.63) is 42.2 Å². The van der Waals surface area contributed by atoms with E-state index in [2.05, 4.69) is 30.5 Å². The summed E-state index contributed by atoms with van der Waals surface area (Å²) in [4.78, 5) is 12.8. The molecule has 0 bridgehead atoms. The SMILES string of the molecule is CNc1ncnn2c(C)nc(-c3cnn(C)c3-c3ccc(C(F)(F)F)cn3)c12. The van der Waals surface area contributed by atoms with Crippen LogP contribution in [-0.4, -0.2) is 41.4 Å². The van der Waals surface area contributed by atoms with E-state index in [1.54, 1.807) is 36.4 Å². The van der Waals surface area contributed by atoms with Crippen LogP contribution in [0.15, 0.2) is 30.9 Å². The molecule has 144 valence electrons. The molecular weight excluding hydrogens is 373 g/mol. The summed E-state index contributed by atoms with van der Waals surface area (Å²) in [5.41, 5.74) is 1.90. The van der Waals surface area contributed by atoms with Crippen molar-refractivity contribution < 1.29 is 13.2 Å². The summed E-state index contributed by atoms with van der Waals surface area (Å²) in [5, 5.41) is 11.5. The number of fused-ring (bicyclic) bond motifs is 1. The fraction of sp³-hybridized carbons (Fsp3) is 0.235. The van der Waals surface area contributed by atoms with Gasteiger partial charge in [-0.05, 0) is 19.1 Å². The lowest BCUT2D eigenvalue weighted by Gasteiger charge is -2.09. The normalized spacial score (nSPS) is 11.9. The maximum atomic E-state index is 12.9. The molecule has 0 fully saturated rings. The molecule has 8 nitrogen and oxygen atoms in total. The molecule has 0 aliphatic rings. The Morgan fingerprint density at radius 3 is 2.50 bits per heavy atom. The van der Waals surface area contributed by atoms with Gasteiger partial charge in [0, 0.05) is 20.3 Å². The van der Waals surface area contributed by atoms with E-state index < -0.39 is 11.7 Å². The van der Waals surface area contributed by atoms with E-state index >= 15 is 0 Å². The Labute approximate surface area is 157 Å². The Balaban J connectivity index is 1.92. The largest absolute Gasteiger partial charge is 0.417 e. The number of pyridine rings is 1. The maximum Gasteiger partial charge on any atom is 0.417 e. The van der Waals surface area contributed by atoms with Crippen LogP contribution in [0.4, 0.5) is 19.0 Å². The highest BCUT2D eigenvalue weighted by atomic mass is 19.4. The van der Waals surface area contributed by atoms with Crippen LogP contribution in [0.3, 0.4) is 0 Å². The summed E-state index contributed by atoms with van der Waals surface area (Å²) in [7, 11) is 3.43. The standard InChI is InChI=1S/C17H15F3N8/c1-9-26-13(15-16(21-2)23-8-25-28(9)15)11-7-24-27(3)14(11)12-5-4-10(6-22-12)17(18,19)20/h4-8H,1-3H3,(H,21,23,25). The van der Waals surface area contributed by atoms with E-state index in [1.807, 2.05) is 0 Å². The lowest BCUT2D eigenvalue weighted by atomic mass is 10.1. The van der Waals surface area contributed by atoms with Crippen LogP contribution in [0, 0.1) is 6.92 Å². The van der Waals surface area contributed by atoms with E-state index in [0.717, 1.165) is 12.3 Å². The maximum absolute atomic E-state index is 12.9. The number of nitrogens with one attached hydrogen (secondary N) is 1. The first-order valence-electron chi connectivity index (χ1n) is 8.25. The third kappa shape index (κ3) is 2.75. The first-order valence-corrected chi connectivity index (χ1v) is 8.25. The molecule has 4 aromatic rings.